The highest BCUT2D eigenvalue weighted by molar-refractivity contribution is 5.45. The van der Waals surface area contributed by atoms with Crippen molar-refractivity contribution >= 4 is 0 Å². The van der Waals surface area contributed by atoms with Gasteiger partial charge in [-0.15, -0.1) is 0 Å². The second kappa shape index (κ2) is 5.92. The van der Waals surface area contributed by atoms with Gasteiger partial charge in [-0.05, 0) is 24.1 Å². The van der Waals surface area contributed by atoms with Gasteiger partial charge in [-0.1, -0.05) is 50.1 Å². The van der Waals surface area contributed by atoms with Crippen LogP contribution in [0, 0.1) is 0 Å². The maximum atomic E-state index is 12.3. The Morgan fingerprint density at radius 3 is 2.07 bits per heavy atom. The molecule has 0 aromatic rings. The molecule has 0 unspecified atom stereocenters. The van der Waals surface area contributed by atoms with Crippen LogP contribution in [0.15, 0.2) is 73.2 Å². The van der Waals surface area contributed by atoms with Gasteiger partial charge in [0.1, 0.15) is 5.83 Å². The first-order chi connectivity index (χ1) is 6.47. The zero-order valence-electron chi connectivity index (χ0n) is 8.52. The van der Waals surface area contributed by atoms with Crippen LogP contribution in [0.5, 0.6) is 0 Å². The van der Waals surface area contributed by atoms with Gasteiger partial charge < -0.3 is 0 Å². The minimum Gasteiger partial charge on any atom is -0.208 e. The topological polar surface area (TPSA) is 0 Å². The number of halogens is 1. The van der Waals surface area contributed by atoms with E-state index in [1.165, 1.54) is 12.2 Å². The maximum Gasteiger partial charge on any atom is 0.116 e. The molecule has 0 spiro atoms. The lowest BCUT2D eigenvalue weighted by molar-refractivity contribution is 0.671. The molecule has 0 aliphatic heterocycles. The molecular formula is C13H15F. The van der Waals surface area contributed by atoms with Crippen LogP contribution >= 0.6 is 0 Å². The Balaban J connectivity index is 4.50. The highest BCUT2D eigenvalue weighted by Gasteiger charge is 1.93. The number of allylic oxidation sites excluding steroid dienone is 8. The monoisotopic (exact) mass is 190 g/mol. The molecule has 0 N–H and O–H groups in total. The third-order valence-corrected chi connectivity index (χ3v) is 1.60. The SMILES string of the molecule is C=C/C(C)=C\C(=C)C(=C)/C=C\C(=C)F. The lowest BCUT2D eigenvalue weighted by Gasteiger charge is -1.99. The molecule has 0 aromatic carbocycles. The van der Waals surface area contributed by atoms with Gasteiger partial charge in [-0.3, -0.25) is 0 Å². The fourth-order valence-electron chi connectivity index (χ4n) is 0.724. The Kier molecular flexibility index (Phi) is 5.23. The minimum atomic E-state index is -0.497. The van der Waals surface area contributed by atoms with Gasteiger partial charge in [-0.25, -0.2) is 4.39 Å². The van der Waals surface area contributed by atoms with Crippen molar-refractivity contribution in [3.63, 3.8) is 0 Å². The number of rotatable bonds is 5. The van der Waals surface area contributed by atoms with Gasteiger partial charge in [0.25, 0.3) is 0 Å². The average molecular weight is 190 g/mol. The fraction of sp³-hybridized carbons (Fsp3) is 0.0769. The average Bonchev–Trinajstić information content (AvgIpc) is 2.13. The van der Waals surface area contributed by atoms with Crippen LogP contribution in [0.4, 0.5) is 4.39 Å². The Labute approximate surface area is 85.1 Å². The molecule has 0 heterocycles. The van der Waals surface area contributed by atoms with Gasteiger partial charge in [0.05, 0.1) is 0 Å². The largest absolute Gasteiger partial charge is 0.208 e. The molecule has 0 fully saturated rings. The van der Waals surface area contributed by atoms with E-state index in [-0.39, 0.29) is 0 Å². The first-order valence-corrected chi connectivity index (χ1v) is 4.18. The summed E-state index contributed by atoms with van der Waals surface area (Å²) >= 11 is 0. The summed E-state index contributed by atoms with van der Waals surface area (Å²) in [4.78, 5) is 0. The van der Waals surface area contributed by atoms with E-state index in [9.17, 15) is 4.39 Å². The Hall–Kier alpha value is -1.63. The van der Waals surface area contributed by atoms with Crippen molar-refractivity contribution in [2.45, 2.75) is 6.92 Å². The van der Waals surface area contributed by atoms with Crippen molar-refractivity contribution in [1.82, 2.24) is 0 Å². The van der Waals surface area contributed by atoms with Crippen LogP contribution in [-0.2, 0) is 0 Å². The minimum absolute atomic E-state index is 0.497. The van der Waals surface area contributed by atoms with E-state index in [0.29, 0.717) is 5.57 Å². The Morgan fingerprint density at radius 2 is 1.64 bits per heavy atom. The van der Waals surface area contributed by atoms with Crippen LogP contribution < -0.4 is 0 Å². The van der Waals surface area contributed by atoms with Gasteiger partial charge in [0.15, 0.2) is 0 Å². The molecule has 1 heteroatoms. The summed E-state index contributed by atoms with van der Waals surface area (Å²) < 4.78 is 12.3. The predicted octanol–water partition coefficient (Wildman–Crippen LogP) is 4.27. The van der Waals surface area contributed by atoms with Crippen molar-refractivity contribution in [3.8, 4) is 0 Å². The van der Waals surface area contributed by atoms with Crippen LogP contribution in [0.1, 0.15) is 6.92 Å². The van der Waals surface area contributed by atoms with E-state index in [0.717, 1.165) is 11.1 Å². The molecular weight excluding hydrogens is 175 g/mol. The summed E-state index contributed by atoms with van der Waals surface area (Å²) in [6.45, 7) is 16.2. The third-order valence-electron chi connectivity index (χ3n) is 1.60. The summed E-state index contributed by atoms with van der Waals surface area (Å²) in [5.41, 5.74) is 2.38. The van der Waals surface area contributed by atoms with E-state index < -0.39 is 5.83 Å². The van der Waals surface area contributed by atoms with Crippen LogP contribution in [0.2, 0.25) is 0 Å². The molecule has 0 nitrogen and oxygen atoms in total. The third kappa shape index (κ3) is 5.09. The second-order valence-corrected chi connectivity index (χ2v) is 2.92. The summed E-state index contributed by atoms with van der Waals surface area (Å²) in [6.07, 6.45) is 6.35. The molecule has 0 amide bonds. The summed E-state index contributed by atoms with van der Waals surface area (Å²) in [6, 6.07) is 0. The van der Waals surface area contributed by atoms with E-state index in [1.54, 1.807) is 6.08 Å². The van der Waals surface area contributed by atoms with E-state index >= 15 is 0 Å². The molecule has 0 saturated heterocycles. The molecule has 0 aliphatic carbocycles. The molecule has 0 radical (unpaired) electrons. The molecule has 14 heavy (non-hydrogen) atoms. The normalized spacial score (nSPS) is 11.4. The van der Waals surface area contributed by atoms with Crippen LogP contribution in [-0.4, -0.2) is 0 Å². The van der Waals surface area contributed by atoms with Crippen LogP contribution in [0.3, 0.4) is 0 Å². The van der Waals surface area contributed by atoms with Gasteiger partial charge in [-0.2, -0.15) is 0 Å². The van der Waals surface area contributed by atoms with Crippen LogP contribution in [0.25, 0.3) is 0 Å². The first kappa shape index (κ1) is 12.4. The molecule has 74 valence electrons. The van der Waals surface area contributed by atoms with Gasteiger partial charge >= 0.3 is 0 Å². The quantitative estimate of drug-likeness (QED) is 0.568. The highest BCUT2D eigenvalue weighted by Crippen LogP contribution is 2.12. The van der Waals surface area contributed by atoms with Crippen molar-refractivity contribution in [3.05, 3.63) is 73.2 Å². The van der Waals surface area contributed by atoms with Crippen molar-refractivity contribution in [2.24, 2.45) is 0 Å². The van der Waals surface area contributed by atoms with Crippen molar-refractivity contribution in [1.29, 1.82) is 0 Å². The van der Waals surface area contributed by atoms with Crippen molar-refractivity contribution in [2.75, 3.05) is 0 Å². The van der Waals surface area contributed by atoms with E-state index in [1.807, 2.05) is 13.0 Å². The molecule has 0 rings (SSSR count). The first-order valence-electron chi connectivity index (χ1n) is 4.18. The smallest absolute Gasteiger partial charge is 0.116 e. The number of hydrogen-bond donors (Lipinski definition) is 0. The zero-order chi connectivity index (χ0) is 11.1. The maximum absolute atomic E-state index is 12.3. The number of hydrogen-bond acceptors (Lipinski definition) is 0. The molecule has 0 atom stereocenters. The van der Waals surface area contributed by atoms with Gasteiger partial charge in [0, 0.05) is 0 Å². The Morgan fingerprint density at radius 1 is 1.07 bits per heavy atom. The Bertz CT molecular complexity index is 327. The summed E-state index contributed by atoms with van der Waals surface area (Å²) in [5, 5.41) is 0. The lowest BCUT2D eigenvalue weighted by Crippen LogP contribution is -1.80. The summed E-state index contributed by atoms with van der Waals surface area (Å²) in [7, 11) is 0. The fourth-order valence-corrected chi connectivity index (χ4v) is 0.724. The zero-order valence-corrected chi connectivity index (χ0v) is 8.52. The summed E-state index contributed by atoms with van der Waals surface area (Å²) in [5.74, 6) is -0.497. The van der Waals surface area contributed by atoms with Crippen molar-refractivity contribution < 1.29 is 4.39 Å². The molecule has 0 saturated carbocycles. The van der Waals surface area contributed by atoms with E-state index in [2.05, 4.69) is 26.3 Å². The second-order valence-electron chi connectivity index (χ2n) is 2.92. The molecule has 0 aromatic heterocycles. The molecule has 0 bridgehead atoms. The molecule has 0 aliphatic rings. The lowest BCUT2D eigenvalue weighted by atomic mass is 10.1. The highest BCUT2D eigenvalue weighted by atomic mass is 19.1. The van der Waals surface area contributed by atoms with Gasteiger partial charge in [0.2, 0.25) is 0 Å². The predicted molar refractivity (Wildman–Crippen MR) is 61.6 cm³/mol. The van der Waals surface area contributed by atoms with E-state index in [4.69, 9.17) is 0 Å². The standard InChI is InChI=1S/C13H15F/c1-6-10(2)9-12(4)11(3)7-8-13(5)14/h6-9H,1,3-5H2,2H3/b8-7-,10-9-.